The van der Waals surface area contributed by atoms with E-state index >= 15 is 0 Å². The summed E-state index contributed by atoms with van der Waals surface area (Å²) in [5.74, 6) is 0. The lowest BCUT2D eigenvalue weighted by Gasteiger charge is -2.28. The fourth-order valence-corrected chi connectivity index (χ4v) is 1.63. The first-order chi connectivity index (χ1) is 9.16. The lowest BCUT2D eigenvalue weighted by Crippen LogP contribution is -2.45. The van der Waals surface area contributed by atoms with Gasteiger partial charge in [-0.05, 0) is 20.8 Å². The van der Waals surface area contributed by atoms with Crippen molar-refractivity contribution in [3.8, 4) is 0 Å². The van der Waals surface area contributed by atoms with Crippen molar-refractivity contribution in [2.45, 2.75) is 38.7 Å². The van der Waals surface area contributed by atoms with Gasteiger partial charge in [-0.15, -0.1) is 0 Å². The molecule has 0 aliphatic carbocycles. The van der Waals surface area contributed by atoms with Gasteiger partial charge in [0.25, 0.3) is 0 Å². The van der Waals surface area contributed by atoms with E-state index < -0.39 is 17.1 Å². The zero-order chi connectivity index (χ0) is 15.4. The van der Waals surface area contributed by atoms with E-state index in [9.17, 15) is 4.79 Å². The molecule has 0 bridgehead atoms. The molecule has 1 rings (SSSR count). The predicted molar refractivity (Wildman–Crippen MR) is 77.7 cm³/mol. The minimum atomic E-state index is -0.561. The second kappa shape index (κ2) is 6.37. The Hall–Kier alpha value is -1.40. The molecule has 0 saturated carbocycles. The van der Waals surface area contributed by atoms with Gasteiger partial charge in [-0.2, -0.15) is 0 Å². The van der Waals surface area contributed by atoms with Crippen molar-refractivity contribution >= 4 is 17.7 Å². The number of alkyl carbamates (subject to hydrolysis) is 1. The van der Waals surface area contributed by atoms with Crippen molar-refractivity contribution in [2.75, 3.05) is 13.1 Å². The Bertz CT molecular complexity index is 476. The monoisotopic (exact) mass is 300 g/mol. The second-order valence-corrected chi connectivity index (χ2v) is 6.23. The van der Waals surface area contributed by atoms with Crippen molar-refractivity contribution < 1.29 is 9.53 Å². The van der Waals surface area contributed by atoms with E-state index in [1.807, 2.05) is 6.92 Å². The Morgan fingerprint density at radius 2 is 2.05 bits per heavy atom. The normalized spacial score (nSPS) is 14.5. The molecule has 0 aliphatic heterocycles. The van der Waals surface area contributed by atoms with Crippen LogP contribution in [0.3, 0.4) is 0 Å². The number of carbonyl (C=O) groups excluding carboxylic acids is 1. The minimum Gasteiger partial charge on any atom is -0.444 e. The van der Waals surface area contributed by atoms with Gasteiger partial charge in [0.15, 0.2) is 0 Å². The Kier molecular flexibility index (Phi) is 5.30. The van der Waals surface area contributed by atoms with Gasteiger partial charge in [0.2, 0.25) is 0 Å². The number of rotatable bonds is 4. The smallest absolute Gasteiger partial charge is 0.407 e. The molecule has 1 atom stereocenters. The molecule has 0 spiro atoms. The van der Waals surface area contributed by atoms with Crippen molar-refractivity contribution in [3.63, 3.8) is 0 Å². The third kappa shape index (κ3) is 4.94. The molecule has 20 heavy (non-hydrogen) atoms. The number of halogens is 1. The predicted octanol–water partition coefficient (Wildman–Crippen LogP) is 1.87. The van der Waals surface area contributed by atoms with Gasteiger partial charge in [0, 0.05) is 24.7 Å². The summed E-state index contributed by atoms with van der Waals surface area (Å²) in [5.41, 5.74) is 5.32. The number of ether oxygens (including phenoxy) is 1. The van der Waals surface area contributed by atoms with Gasteiger partial charge in [-0.3, -0.25) is 4.98 Å². The maximum absolute atomic E-state index is 11.7. The van der Waals surface area contributed by atoms with Crippen LogP contribution in [0.2, 0.25) is 5.15 Å². The van der Waals surface area contributed by atoms with Gasteiger partial charge < -0.3 is 15.8 Å². The van der Waals surface area contributed by atoms with E-state index in [0.29, 0.717) is 10.8 Å². The number of aromatic nitrogens is 2. The first-order valence-corrected chi connectivity index (χ1v) is 6.69. The molecule has 0 aromatic carbocycles. The van der Waals surface area contributed by atoms with Crippen LogP contribution >= 0.6 is 11.6 Å². The summed E-state index contributed by atoms with van der Waals surface area (Å²) in [4.78, 5) is 19.9. The van der Waals surface area contributed by atoms with E-state index in [1.165, 1.54) is 6.20 Å². The molecule has 3 N–H and O–H groups in total. The van der Waals surface area contributed by atoms with Crippen LogP contribution in [-0.2, 0) is 10.2 Å². The molecule has 0 aliphatic rings. The first kappa shape index (κ1) is 16.7. The summed E-state index contributed by atoms with van der Waals surface area (Å²) in [7, 11) is 0. The van der Waals surface area contributed by atoms with E-state index in [4.69, 9.17) is 22.1 Å². The molecular weight excluding hydrogens is 280 g/mol. The van der Waals surface area contributed by atoms with Gasteiger partial charge in [-0.25, -0.2) is 9.78 Å². The molecule has 6 nitrogen and oxygen atoms in total. The van der Waals surface area contributed by atoms with Gasteiger partial charge in [0.1, 0.15) is 10.8 Å². The largest absolute Gasteiger partial charge is 0.444 e. The molecule has 1 aromatic heterocycles. The number of hydrogen-bond donors (Lipinski definition) is 2. The maximum atomic E-state index is 11.7. The Balaban J connectivity index is 2.74. The van der Waals surface area contributed by atoms with Crippen LogP contribution in [0.1, 0.15) is 33.4 Å². The molecule has 1 amide bonds. The zero-order valence-corrected chi connectivity index (χ0v) is 13.0. The lowest BCUT2D eigenvalue weighted by atomic mass is 9.87. The first-order valence-electron chi connectivity index (χ1n) is 6.31. The molecule has 112 valence electrons. The topological polar surface area (TPSA) is 90.1 Å². The van der Waals surface area contributed by atoms with Crippen LogP contribution in [-0.4, -0.2) is 34.8 Å². The summed E-state index contributed by atoms with van der Waals surface area (Å²) in [6, 6.07) is 0. The molecule has 1 heterocycles. The van der Waals surface area contributed by atoms with Gasteiger partial charge in [0.05, 0.1) is 11.9 Å². The molecule has 7 heteroatoms. The zero-order valence-electron chi connectivity index (χ0n) is 12.2. The van der Waals surface area contributed by atoms with Gasteiger partial charge >= 0.3 is 6.09 Å². The number of carbonyl (C=O) groups is 1. The second-order valence-electron chi connectivity index (χ2n) is 5.85. The van der Waals surface area contributed by atoms with E-state index in [-0.39, 0.29) is 13.1 Å². The van der Waals surface area contributed by atoms with Crippen molar-refractivity contribution in [3.05, 3.63) is 23.2 Å². The van der Waals surface area contributed by atoms with E-state index in [1.54, 1.807) is 27.0 Å². The molecule has 0 radical (unpaired) electrons. The highest BCUT2D eigenvalue weighted by Crippen LogP contribution is 2.20. The standard InChI is InChI=1S/C13H21ClN4O2/c1-12(2,3)20-11(19)17-8-13(4,7-15)9-5-16-6-10(14)18-9/h5-6H,7-8,15H2,1-4H3,(H,17,19). The van der Waals surface area contributed by atoms with Crippen LogP contribution in [0.4, 0.5) is 4.79 Å². The van der Waals surface area contributed by atoms with Crippen molar-refractivity contribution in [1.29, 1.82) is 0 Å². The number of nitrogens with one attached hydrogen (secondary N) is 1. The average molecular weight is 301 g/mol. The summed E-state index contributed by atoms with van der Waals surface area (Å²) in [6.07, 6.45) is 2.55. The Labute approximate surface area is 124 Å². The van der Waals surface area contributed by atoms with Crippen LogP contribution in [0.15, 0.2) is 12.4 Å². The lowest BCUT2D eigenvalue weighted by molar-refractivity contribution is 0.0516. The molecule has 1 aromatic rings. The summed E-state index contributed by atoms with van der Waals surface area (Å²) in [5, 5.41) is 2.99. The number of nitrogens with two attached hydrogens (primary N) is 1. The van der Waals surface area contributed by atoms with Crippen LogP contribution in [0.5, 0.6) is 0 Å². The summed E-state index contributed by atoms with van der Waals surface area (Å²) < 4.78 is 5.18. The molecule has 0 fully saturated rings. The van der Waals surface area contributed by atoms with Crippen molar-refractivity contribution in [1.82, 2.24) is 15.3 Å². The minimum absolute atomic E-state index is 0.285. The Morgan fingerprint density at radius 1 is 1.40 bits per heavy atom. The van der Waals surface area contributed by atoms with E-state index in [0.717, 1.165) is 0 Å². The quantitative estimate of drug-likeness (QED) is 0.886. The Morgan fingerprint density at radius 3 is 2.55 bits per heavy atom. The van der Waals surface area contributed by atoms with E-state index in [2.05, 4.69) is 15.3 Å². The van der Waals surface area contributed by atoms with Gasteiger partial charge in [-0.1, -0.05) is 18.5 Å². The molecule has 1 unspecified atom stereocenters. The molecular formula is C13H21ClN4O2. The third-order valence-electron chi connectivity index (χ3n) is 2.70. The van der Waals surface area contributed by atoms with Crippen LogP contribution in [0.25, 0.3) is 0 Å². The highest BCUT2D eigenvalue weighted by Gasteiger charge is 2.29. The third-order valence-corrected chi connectivity index (χ3v) is 2.88. The SMILES string of the molecule is CC(C)(C)OC(=O)NCC(C)(CN)c1cncc(Cl)n1. The molecule has 0 saturated heterocycles. The highest BCUT2D eigenvalue weighted by atomic mass is 35.5. The fourth-order valence-electron chi connectivity index (χ4n) is 1.48. The highest BCUT2D eigenvalue weighted by molar-refractivity contribution is 6.29. The summed E-state index contributed by atoms with van der Waals surface area (Å²) >= 11 is 5.83. The number of amides is 1. The van der Waals surface area contributed by atoms with Crippen LogP contribution < -0.4 is 11.1 Å². The number of hydrogen-bond acceptors (Lipinski definition) is 5. The summed E-state index contributed by atoms with van der Waals surface area (Å²) in [6.45, 7) is 7.86. The van der Waals surface area contributed by atoms with Crippen LogP contribution in [0, 0.1) is 0 Å². The maximum Gasteiger partial charge on any atom is 0.407 e. The fraction of sp³-hybridized carbons (Fsp3) is 0.615. The van der Waals surface area contributed by atoms with Crippen molar-refractivity contribution in [2.24, 2.45) is 5.73 Å². The number of nitrogens with zero attached hydrogens (tertiary/aromatic N) is 2. The average Bonchev–Trinajstić information content (AvgIpc) is 2.34.